The molecule has 2 heterocycles. The average Bonchev–Trinajstić information content (AvgIpc) is 3.19. The first-order valence-electron chi connectivity index (χ1n) is 11.8. The molecule has 0 aliphatic carbocycles. The molecule has 0 radical (unpaired) electrons. The molecule has 0 N–H and O–H groups in total. The number of pyridine rings is 1. The van der Waals surface area contributed by atoms with Gasteiger partial charge in [0.2, 0.25) is 5.69 Å². The Balaban J connectivity index is 1.89. The third-order valence-electron chi connectivity index (χ3n) is 6.93. The van der Waals surface area contributed by atoms with Crippen LogP contribution >= 0.6 is 0 Å². The van der Waals surface area contributed by atoms with Crippen LogP contribution in [0.4, 0.5) is 0 Å². The molecule has 34 heavy (non-hydrogen) atoms. The Hall–Kier alpha value is -3.90. The van der Waals surface area contributed by atoms with Crippen LogP contribution < -0.4 is 4.57 Å². The maximum atomic E-state index is 9.76. The zero-order valence-corrected chi connectivity index (χ0v) is 20.7. The summed E-state index contributed by atoms with van der Waals surface area (Å²) in [6.07, 6.45) is 0. The van der Waals surface area contributed by atoms with Crippen LogP contribution in [0, 0.1) is 32.1 Å². The van der Waals surface area contributed by atoms with Gasteiger partial charge >= 0.3 is 0 Å². The van der Waals surface area contributed by atoms with Crippen molar-refractivity contribution >= 4 is 21.9 Å². The highest BCUT2D eigenvalue weighted by Gasteiger charge is 2.24. The van der Waals surface area contributed by atoms with Crippen LogP contribution in [0.5, 0.6) is 0 Å². The summed E-state index contributed by atoms with van der Waals surface area (Å²) in [5.74, 6) is 0.431. The van der Waals surface area contributed by atoms with E-state index in [2.05, 4.69) is 101 Å². The number of fused-ring (bicyclic) bond motifs is 3. The number of rotatable bonds is 3. The number of nitriles is 1. The topological polar surface area (TPSA) is 40.8 Å². The van der Waals surface area contributed by atoms with Crippen molar-refractivity contribution in [2.45, 2.75) is 40.5 Å². The van der Waals surface area contributed by atoms with Gasteiger partial charge in [-0.2, -0.15) is 9.83 Å². The van der Waals surface area contributed by atoms with E-state index in [0.29, 0.717) is 11.5 Å². The Bertz CT molecular complexity index is 1610. The lowest BCUT2D eigenvalue weighted by atomic mass is 9.95. The Kier molecular flexibility index (Phi) is 5.25. The predicted octanol–water partition coefficient (Wildman–Crippen LogP) is 7.66. The standard InChI is InChI=1S/C31H29N2O/c1-18(2)24-13-21(5)33(6)28(16-24)29-20(4)9-12-25-27-15-22(17-32)14-26(30(27)34-31(25)29)23-10-7-19(3)8-11-23/h7-16,18H,1-6H3/q+1. The van der Waals surface area contributed by atoms with Crippen molar-refractivity contribution in [2.24, 2.45) is 7.05 Å². The van der Waals surface area contributed by atoms with Crippen LogP contribution in [0.3, 0.4) is 0 Å². The molecule has 0 aliphatic rings. The van der Waals surface area contributed by atoms with Gasteiger partial charge in [-0.3, -0.25) is 0 Å². The fourth-order valence-corrected chi connectivity index (χ4v) is 4.77. The summed E-state index contributed by atoms with van der Waals surface area (Å²) in [5.41, 5.74) is 11.5. The van der Waals surface area contributed by atoms with Crippen molar-refractivity contribution in [3.63, 3.8) is 0 Å². The molecule has 5 aromatic rings. The third-order valence-corrected chi connectivity index (χ3v) is 6.93. The summed E-state index contributed by atoms with van der Waals surface area (Å²) in [7, 11) is 2.11. The Labute approximate surface area is 200 Å². The maximum Gasteiger partial charge on any atom is 0.216 e. The SMILES string of the molecule is Cc1ccc(-c2cc(C#N)cc3c2oc2c(-c4cc(C(C)C)cc(C)[n+]4C)c(C)ccc23)cc1. The second-order valence-corrected chi connectivity index (χ2v) is 9.64. The van der Waals surface area contributed by atoms with Gasteiger partial charge in [0.1, 0.15) is 18.2 Å². The minimum absolute atomic E-state index is 0.431. The van der Waals surface area contributed by atoms with Crippen LogP contribution in [0.15, 0.2) is 65.1 Å². The summed E-state index contributed by atoms with van der Waals surface area (Å²) in [5, 5.41) is 11.8. The lowest BCUT2D eigenvalue weighted by Gasteiger charge is -2.11. The van der Waals surface area contributed by atoms with E-state index in [9.17, 15) is 5.26 Å². The molecule has 3 nitrogen and oxygen atoms in total. The summed E-state index contributed by atoms with van der Waals surface area (Å²) >= 11 is 0. The van der Waals surface area contributed by atoms with E-state index >= 15 is 0 Å². The van der Waals surface area contributed by atoms with Crippen LogP contribution in [-0.2, 0) is 7.05 Å². The molecule has 0 spiro atoms. The summed E-state index contributed by atoms with van der Waals surface area (Å²) in [4.78, 5) is 0. The van der Waals surface area contributed by atoms with E-state index in [-0.39, 0.29) is 0 Å². The first-order chi connectivity index (χ1) is 16.3. The van der Waals surface area contributed by atoms with Gasteiger partial charge < -0.3 is 4.42 Å². The van der Waals surface area contributed by atoms with Crippen molar-refractivity contribution in [3.8, 4) is 28.5 Å². The second kappa shape index (κ2) is 8.15. The molecule has 2 aromatic heterocycles. The second-order valence-electron chi connectivity index (χ2n) is 9.64. The molecule has 0 fully saturated rings. The van der Waals surface area contributed by atoms with Gasteiger partial charge in [-0.1, -0.05) is 55.8 Å². The monoisotopic (exact) mass is 445 g/mol. The first kappa shape index (κ1) is 21.9. The fraction of sp³-hybridized carbons (Fsp3) is 0.226. The summed E-state index contributed by atoms with van der Waals surface area (Å²) in [6.45, 7) is 10.8. The maximum absolute atomic E-state index is 9.76. The summed E-state index contributed by atoms with van der Waals surface area (Å²) in [6, 6.07) is 23.5. The molecule has 0 aliphatic heterocycles. The largest absolute Gasteiger partial charge is 0.454 e. The highest BCUT2D eigenvalue weighted by atomic mass is 16.3. The normalized spacial score (nSPS) is 11.5. The molecule has 0 atom stereocenters. The highest BCUT2D eigenvalue weighted by Crippen LogP contribution is 2.41. The molecule has 168 valence electrons. The van der Waals surface area contributed by atoms with Crippen LogP contribution in [0.1, 0.15) is 47.7 Å². The fourth-order valence-electron chi connectivity index (χ4n) is 4.77. The number of nitrogens with zero attached hydrogens (tertiary/aromatic N) is 2. The molecule has 3 heteroatoms. The molecule has 5 rings (SSSR count). The molecular formula is C31H29N2O+. The number of hydrogen-bond acceptors (Lipinski definition) is 2. The number of hydrogen-bond donors (Lipinski definition) is 0. The summed E-state index contributed by atoms with van der Waals surface area (Å²) < 4.78 is 8.95. The molecule has 0 unspecified atom stereocenters. The molecule has 0 bridgehead atoms. The number of aryl methyl sites for hydroxylation is 3. The highest BCUT2D eigenvalue weighted by molar-refractivity contribution is 6.13. The van der Waals surface area contributed by atoms with Crippen molar-refractivity contribution < 1.29 is 8.98 Å². The van der Waals surface area contributed by atoms with Crippen molar-refractivity contribution in [2.75, 3.05) is 0 Å². The van der Waals surface area contributed by atoms with Crippen LogP contribution in [0.2, 0.25) is 0 Å². The van der Waals surface area contributed by atoms with Gasteiger partial charge in [0, 0.05) is 35.4 Å². The molecule has 0 amide bonds. The van der Waals surface area contributed by atoms with Crippen molar-refractivity contribution in [1.82, 2.24) is 0 Å². The minimum atomic E-state index is 0.431. The van der Waals surface area contributed by atoms with E-state index in [4.69, 9.17) is 4.42 Å². The van der Waals surface area contributed by atoms with Crippen molar-refractivity contribution in [3.05, 3.63) is 88.6 Å². The minimum Gasteiger partial charge on any atom is -0.454 e. The van der Waals surface area contributed by atoms with Gasteiger partial charge in [-0.15, -0.1) is 0 Å². The first-order valence-corrected chi connectivity index (χ1v) is 11.8. The molecular weight excluding hydrogens is 416 g/mol. The van der Waals surface area contributed by atoms with Crippen molar-refractivity contribution in [1.29, 1.82) is 5.26 Å². The zero-order valence-electron chi connectivity index (χ0n) is 20.7. The van der Waals surface area contributed by atoms with Crippen LogP contribution in [0.25, 0.3) is 44.3 Å². The molecule has 0 saturated carbocycles. The lowest BCUT2D eigenvalue weighted by Crippen LogP contribution is -2.35. The third kappa shape index (κ3) is 3.47. The van der Waals surface area contributed by atoms with Gasteiger partial charge in [0.05, 0.1) is 17.2 Å². The number of aromatic nitrogens is 1. The zero-order chi connectivity index (χ0) is 24.1. The van der Waals surface area contributed by atoms with Gasteiger partial charge in [-0.25, -0.2) is 0 Å². The number of benzene rings is 3. The van der Waals surface area contributed by atoms with E-state index in [1.165, 1.54) is 22.4 Å². The van der Waals surface area contributed by atoms with E-state index in [1.807, 2.05) is 12.1 Å². The average molecular weight is 446 g/mol. The van der Waals surface area contributed by atoms with E-state index in [1.54, 1.807) is 0 Å². The van der Waals surface area contributed by atoms with Crippen LogP contribution in [-0.4, -0.2) is 0 Å². The van der Waals surface area contributed by atoms with Gasteiger partial charge in [0.15, 0.2) is 5.69 Å². The van der Waals surface area contributed by atoms with E-state index < -0.39 is 0 Å². The Morgan fingerprint density at radius 3 is 2.26 bits per heavy atom. The Morgan fingerprint density at radius 2 is 1.59 bits per heavy atom. The Morgan fingerprint density at radius 1 is 0.853 bits per heavy atom. The number of furan rings is 1. The van der Waals surface area contributed by atoms with Gasteiger partial charge in [0.25, 0.3) is 0 Å². The van der Waals surface area contributed by atoms with Gasteiger partial charge in [-0.05, 0) is 48.6 Å². The lowest BCUT2D eigenvalue weighted by molar-refractivity contribution is -0.666. The predicted molar refractivity (Wildman–Crippen MR) is 139 cm³/mol. The van der Waals surface area contributed by atoms with E-state index in [0.717, 1.165) is 44.3 Å². The molecule has 3 aromatic carbocycles. The smallest absolute Gasteiger partial charge is 0.216 e. The molecule has 0 saturated heterocycles. The quantitative estimate of drug-likeness (QED) is 0.267.